The van der Waals surface area contributed by atoms with Gasteiger partial charge in [-0.25, -0.2) is 9.59 Å². The van der Waals surface area contributed by atoms with Gasteiger partial charge in [-0.1, -0.05) is 12.2 Å². The van der Waals surface area contributed by atoms with Crippen LogP contribution < -0.4 is 0 Å². The molecule has 1 amide bonds. The lowest BCUT2D eigenvalue weighted by Crippen LogP contribution is -2.43. The molecule has 1 rings (SSSR count). The van der Waals surface area contributed by atoms with E-state index in [0.717, 1.165) is 5.57 Å². The van der Waals surface area contributed by atoms with Crippen molar-refractivity contribution in [2.24, 2.45) is 5.92 Å². The fourth-order valence-electron chi connectivity index (χ4n) is 1.95. The van der Waals surface area contributed by atoms with Crippen molar-refractivity contribution in [2.45, 2.75) is 45.8 Å². The molecule has 2 atom stereocenters. The van der Waals surface area contributed by atoms with Crippen molar-refractivity contribution in [3.05, 3.63) is 12.2 Å². The number of carbonyl (C=O) groups is 2. The number of carboxylic acid groups (broad SMARTS) is 1. The van der Waals surface area contributed by atoms with Crippen LogP contribution in [0.1, 0.15) is 34.1 Å². The lowest BCUT2D eigenvalue weighted by Gasteiger charge is -2.26. The zero-order chi connectivity index (χ0) is 14.1. The zero-order valence-electron chi connectivity index (χ0n) is 11.4. The fraction of sp³-hybridized carbons (Fsp3) is 0.692. The SMILES string of the molecule is C=C(C)C1C[C@@H](C(=O)O)N(C(=O)OC(C)(C)C)C1. The summed E-state index contributed by atoms with van der Waals surface area (Å²) in [5.41, 5.74) is 0.272. The minimum Gasteiger partial charge on any atom is -0.480 e. The number of rotatable bonds is 2. The van der Waals surface area contributed by atoms with Crippen LogP contribution in [0.15, 0.2) is 12.2 Å². The van der Waals surface area contributed by atoms with Crippen LogP contribution >= 0.6 is 0 Å². The highest BCUT2D eigenvalue weighted by molar-refractivity contribution is 5.81. The van der Waals surface area contributed by atoms with Crippen molar-refractivity contribution in [1.29, 1.82) is 0 Å². The summed E-state index contributed by atoms with van der Waals surface area (Å²) in [6, 6.07) is -0.818. The van der Waals surface area contributed by atoms with E-state index in [-0.39, 0.29) is 5.92 Å². The molecule has 0 aromatic heterocycles. The summed E-state index contributed by atoms with van der Waals surface area (Å²) in [5, 5.41) is 9.15. The molecule has 1 fully saturated rings. The summed E-state index contributed by atoms with van der Waals surface area (Å²) in [5.74, 6) is -0.969. The Morgan fingerprint density at radius 3 is 2.33 bits per heavy atom. The van der Waals surface area contributed by atoms with E-state index in [0.29, 0.717) is 13.0 Å². The monoisotopic (exact) mass is 255 g/mol. The van der Waals surface area contributed by atoms with E-state index in [4.69, 9.17) is 9.84 Å². The first kappa shape index (κ1) is 14.5. The second-order valence-electron chi connectivity index (χ2n) is 5.77. The number of carbonyl (C=O) groups excluding carboxylic acids is 1. The van der Waals surface area contributed by atoms with Crippen molar-refractivity contribution in [3.8, 4) is 0 Å². The van der Waals surface area contributed by atoms with Crippen LogP contribution in [0.5, 0.6) is 0 Å². The molecule has 1 aliphatic heterocycles. The van der Waals surface area contributed by atoms with Gasteiger partial charge in [0.05, 0.1) is 0 Å². The molecule has 0 spiro atoms. The predicted molar refractivity (Wildman–Crippen MR) is 67.3 cm³/mol. The van der Waals surface area contributed by atoms with Gasteiger partial charge in [0.2, 0.25) is 0 Å². The maximum Gasteiger partial charge on any atom is 0.411 e. The average Bonchev–Trinajstić information content (AvgIpc) is 2.58. The van der Waals surface area contributed by atoms with Crippen LogP contribution in [0.3, 0.4) is 0 Å². The Bertz CT molecular complexity index is 370. The maximum absolute atomic E-state index is 12.0. The van der Waals surface area contributed by atoms with Gasteiger partial charge in [-0.15, -0.1) is 0 Å². The molecule has 102 valence electrons. The van der Waals surface area contributed by atoms with Gasteiger partial charge in [0.25, 0.3) is 0 Å². The fourth-order valence-corrected chi connectivity index (χ4v) is 1.95. The van der Waals surface area contributed by atoms with E-state index >= 15 is 0 Å². The van der Waals surface area contributed by atoms with Gasteiger partial charge in [-0.05, 0) is 40.0 Å². The van der Waals surface area contributed by atoms with E-state index in [9.17, 15) is 9.59 Å². The normalized spacial score (nSPS) is 23.9. The molecule has 0 bridgehead atoms. The molecular formula is C13H21NO4. The zero-order valence-corrected chi connectivity index (χ0v) is 11.4. The molecule has 0 saturated carbocycles. The average molecular weight is 255 g/mol. The third-order valence-electron chi connectivity index (χ3n) is 2.91. The predicted octanol–water partition coefficient (Wildman–Crippen LogP) is 2.27. The molecule has 1 aliphatic rings. The Hall–Kier alpha value is -1.52. The molecule has 1 heterocycles. The minimum atomic E-state index is -0.996. The van der Waals surface area contributed by atoms with Crippen molar-refractivity contribution in [2.75, 3.05) is 6.54 Å². The number of ether oxygens (including phenoxy) is 1. The van der Waals surface area contributed by atoms with E-state index in [2.05, 4.69) is 6.58 Å². The minimum absolute atomic E-state index is 0.0265. The summed E-state index contributed by atoms with van der Waals surface area (Å²) >= 11 is 0. The standard InChI is InChI=1S/C13H21NO4/c1-8(2)9-6-10(11(15)16)14(7-9)12(17)18-13(3,4)5/h9-10H,1,6-7H2,2-5H3,(H,15,16)/t9?,10-/m0/s1. The van der Waals surface area contributed by atoms with Crippen LogP contribution in [0.25, 0.3) is 0 Å². The molecule has 18 heavy (non-hydrogen) atoms. The summed E-state index contributed by atoms with van der Waals surface area (Å²) in [6.07, 6.45) is -0.164. The highest BCUT2D eigenvalue weighted by atomic mass is 16.6. The number of aliphatic carboxylic acids is 1. The number of hydrogen-bond acceptors (Lipinski definition) is 3. The largest absolute Gasteiger partial charge is 0.480 e. The van der Waals surface area contributed by atoms with E-state index in [1.807, 2.05) is 6.92 Å². The molecule has 1 unspecified atom stereocenters. The Balaban J connectivity index is 2.82. The van der Waals surface area contributed by atoms with Gasteiger partial charge in [-0.3, -0.25) is 4.90 Å². The molecular weight excluding hydrogens is 234 g/mol. The first-order chi connectivity index (χ1) is 8.11. The Morgan fingerprint density at radius 2 is 1.94 bits per heavy atom. The quantitative estimate of drug-likeness (QED) is 0.769. The third kappa shape index (κ3) is 3.48. The number of amides is 1. The Morgan fingerprint density at radius 1 is 1.39 bits per heavy atom. The number of nitrogens with zero attached hydrogens (tertiary/aromatic N) is 1. The summed E-state index contributed by atoms with van der Waals surface area (Å²) < 4.78 is 5.22. The molecule has 5 nitrogen and oxygen atoms in total. The summed E-state index contributed by atoms with van der Waals surface area (Å²) in [6.45, 7) is 11.3. The topological polar surface area (TPSA) is 66.8 Å². The van der Waals surface area contributed by atoms with Crippen LogP contribution in [0, 0.1) is 5.92 Å². The molecule has 1 saturated heterocycles. The van der Waals surface area contributed by atoms with Crippen molar-refractivity contribution >= 4 is 12.1 Å². The van der Waals surface area contributed by atoms with Crippen molar-refractivity contribution in [1.82, 2.24) is 4.90 Å². The van der Waals surface area contributed by atoms with Gasteiger partial charge in [0, 0.05) is 6.54 Å². The van der Waals surface area contributed by atoms with Gasteiger partial charge in [0.15, 0.2) is 0 Å². The van der Waals surface area contributed by atoms with Gasteiger partial charge in [0.1, 0.15) is 11.6 Å². The van der Waals surface area contributed by atoms with Gasteiger partial charge >= 0.3 is 12.1 Å². The van der Waals surface area contributed by atoms with Crippen LogP contribution in [0.2, 0.25) is 0 Å². The molecule has 0 aromatic carbocycles. The number of hydrogen-bond donors (Lipinski definition) is 1. The maximum atomic E-state index is 12.0. The van der Waals surface area contributed by atoms with Gasteiger partial charge < -0.3 is 9.84 Å². The highest BCUT2D eigenvalue weighted by Gasteiger charge is 2.41. The smallest absolute Gasteiger partial charge is 0.411 e. The first-order valence-corrected chi connectivity index (χ1v) is 5.99. The molecule has 0 aliphatic carbocycles. The van der Waals surface area contributed by atoms with Crippen molar-refractivity contribution < 1.29 is 19.4 Å². The Kier molecular flexibility index (Phi) is 4.04. The highest BCUT2D eigenvalue weighted by Crippen LogP contribution is 2.29. The van der Waals surface area contributed by atoms with Crippen molar-refractivity contribution in [3.63, 3.8) is 0 Å². The second kappa shape index (κ2) is 5.00. The molecule has 0 radical (unpaired) electrons. The Labute approximate surface area is 107 Å². The molecule has 1 N–H and O–H groups in total. The summed E-state index contributed by atoms with van der Waals surface area (Å²) in [4.78, 5) is 24.4. The lowest BCUT2D eigenvalue weighted by molar-refractivity contribution is -0.142. The number of likely N-dealkylation sites (tertiary alicyclic amines) is 1. The van der Waals surface area contributed by atoms with Crippen LogP contribution in [0.4, 0.5) is 4.79 Å². The van der Waals surface area contributed by atoms with Crippen LogP contribution in [-0.2, 0) is 9.53 Å². The third-order valence-corrected chi connectivity index (χ3v) is 2.91. The lowest BCUT2D eigenvalue weighted by atomic mass is 9.99. The van der Waals surface area contributed by atoms with E-state index < -0.39 is 23.7 Å². The first-order valence-electron chi connectivity index (χ1n) is 5.99. The molecule has 5 heteroatoms. The van der Waals surface area contributed by atoms with Crippen LogP contribution in [-0.4, -0.2) is 40.3 Å². The second-order valence-corrected chi connectivity index (χ2v) is 5.77. The van der Waals surface area contributed by atoms with Gasteiger partial charge in [-0.2, -0.15) is 0 Å². The summed E-state index contributed by atoms with van der Waals surface area (Å²) in [7, 11) is 0. The molecule has 0 aromatic rings. The number of carboxylic acids is 1. The van der Waals surface area contributed by atoms with E-state index in [1.165, 1.54) is 4.90 Å². The van der Waals surface area contributed by atoms with E-state index in [1.54, 1.807) is 20.8 Å².